The van der Waals surface area contributed by atoms with E-state index >= 15 is 0 Å². The van der Waals surface area contributed by atoms with Gasteiger partial charge in [-0.15, -0.1) is 0 Å². The highest BCUT2D eigenvalue weighted by molar-refractivity contribution is 5.94. The van der Waals surface area contributed by atoms with Gasteiger partial charge in [0, 0.05) is 5.56 Å². The van der Waals surface area contributed by atoms with Crippen LogP contribution in [0.25, 0.3) is 0 Å². The lowest BCUT2D eigenvalue weighted by Crippen LogP contribution is -2.28. The summed E-state index contributed by atoms with van der Waals surface area (Å²) in [6, 6.07) is 14.6. The van der Waals surface area contributed by atoms with Gasteiger partial charge in [-0.1, -0.05) is 18.2 Å². The van der Waals surface area contributed by atoms with E-state index in [0.717, 1.165) is 5.75 Å². The van der Waals surface area contributed by atoms with Gasteiger partial charge in [0.15, 0.2) is 11.5 Å². The summed E-state index contributed by atoms with van der Waals surface area (Å²) in [6.07, 6.45) is 0. The molecule has 0 heterocycles. The first-order valence-corrected chi connectivity index (χ1v) is 7.51. The third kappa shape index (κ3) is 4.92. The number of methoxy groups -OCH3 is 1. The molecule has 0 aliphatic rings. The van der Waals surface area contributed by atoms with E-state index in [2.05, 4.69) is 5.32 Å². The molecule has 0 aliphatic heterocycles. The van der Waals surface area contributed by atoms with Crippen LogP contribution in [-0.2, 0) is 0 Å². The average molecular weight is 315 g/mol. The Bertz CT molecular complexity index is 628. The Kier molecular flexibility index (Phi) is 6.29. The lowest BCUT2D eigenvalue weighted by Gasteiger charge is -2.11. The molecule has 0 aliphatic carbocycles. The number of hydrogen-bond acceptors (Lipinski definition) is 4. The third-order valence-corrected chi connectivity index (χ3v) is 3.13. The normalized spacial score (nSPS) is 10.0. The Labute approximate surface area is 136 Å². The fraction of sp³-hybridized carbons (Fsp3) is 0.278. The number of carbonyl (C=O) groups is 1. The van der Waals surface area contributed by atoms with Crippen molar-refractivity contribution in [1.82, 2.24) is 5.32 Å². The summed E-state index contributed by atoms with van der Waals surface area (Å²) >= 11 is 0. The first-order chi connectivity index (χ1) is 11.2. The number of para-hydroxylation sites is 1. The molecular formula is C18H21NO4. The SMILES string of the molecule is CCOc1cc(C(=O)NCCOc2ccccc2)ccc1OC. The summed E-state index contributed by atoms with van der Waals surface area (Å²) in [5, 5.41) is 2.82. The molecule has 5 heteroatoms. The van der Waals surface area contributed by atoms with Crippen LogP contribution in [0.2, 0.25) is 0 Å². The summed E-state index contributed by atoms with van der Waals surface area (Å²) in [5.74, 6) is 1.77. The molecule has 0 fully saturated rings. The fourth-order valence-electron chi connectivity index (χ4n) is 2.04. The van der Waals surface area contributed by atoms with Crippen LogP contribution < -0.4 is 19.5 Å². The quantitative estimate of drug-likeness (QED) is 0.761. The van der Waals surface area contributed by atoms with Crippen molar-refractivity contribution in [3.8, 4) is 17.2 Å². The van der Waals surface area contributed by atoms with Crippen molar-refractivity contribution in [2.75, 3.05) is 26.9 Å². The number of hydrogen-bond donors (Lipinski definition) is 1. The van der Waals surface area contributed by atoms with E-state index < -0.39 is 0 Å². The monoisotopic (exact) mass is 315 g/mol. The van der Waals surface area contributed by atoms with Crippen molar-refractivity contribution >= 4 is 5.91 Å². The number of ether oxygens (including phenoxy) is 3. The molecule has 5 nitrogen and oxygen atoms in total. The smallest absolute Gasteiger partial charge is 0.251 e. The van der Waals surface area contributed by atoms with Gasteiger partial charge in [-0.25, -0.2) is 0 Å². The molecule has 2 rings (SSSR count). The van der Waals surface area contributed by atoms with Crippen molar-refractivity contribution in [1.29, 1.82) is 0 Å². The van der Waals surface area contributed by atoms with E-state index in [4.69, 9.17) is 14.2 Å². The molecule has 0 atom stereocenters. The molecule has 0 unspecified atom stereocenters. The van der Waals surface area contributed by atoms with Crippen LogP contribution in [0.5, 0.6) is 17.2 Å². The van der Waals surface area contributed by atoms with Crippen molar-refractivity contribution in [3.05, 3.63) is 54.1 Å². The highest BCUT2D eigenvalue weighted by Crippen LogP contribution is 2.27. The Balaban J connectivity index is 1.86. The summed E-state index contributed by atoms with van der Waals surface area (Å²) in [4.78, 5) is 12.1. The van der Waals surface area contributed by atoms with Gasteiger partial charge >= 0.3 is 0 Å². The molecule has 1 amide bonds. The number of benzene rings is 2. The minimum atomic E-state index is -0.176. The molecule has 1 N–H and O–H groups in total. The molecule has 0 spiro atoms. The van der Waals surface area contributed by atoms with Crippen LogP contribution in [0.1, 0.15) is 17.3 Å². The van der Waals surface area contributed by atoms with E-state index in [1.807, 2.05) is 37.3 Å². The minimum absolute atomic E-state index is 0.176. The first kappa shape index (κ1) is 16.7. The van der Waals surface area contributed by atoms with Gasteiger partial charge in [0.1, 0.15) is 12.4 Å². The first-order valence-electron chi connectivity index (χ1n) is 7.51. The number of amides is 1. The number of nitrogens with one attached hydrogen (secondary N) is 1. The summed E-state index contributed by atoms with van der Waals surface area (Å²) in [7, 11) is 1.57. The van der Waals surface area contributed by atoms with Crippen molar-refractivity contribution in [2.45, 2.75) is 6.92 Å². The predicted molar refractivity (Wildman–Crippen MR) is 88.4 cm³/mol. The van der Waals surface area contributed by atoms with E-state index in [1.165, 1.54) is 0 Å². The molecule has 2 aromatic rings. The maximum Gasteiger partial charge on any atom is 0.251 e. The number of rotatable bonds is 8. The molecule has 122 valence electrons. The molecule has 0 saturated carbocycles. The second kappa shape index (κ2) is 8.68. The van der Waals surface area contributed by atoms with E-state index in [9.17, 15) is 4.79 Å². The van der Waals surface area contributed by atoms with Crippen LogP contribution in [0.15, 0.2) is 48.5 Å². The van der Waals surface area contributed by atoms with Gasteiger partial charge < -0.3 is 19.5 Å². The lowest BCUT2D eigenvalue weighted by molar-refractivity contribution is 0.0946. The van der Waals surface area contributed by atoms with Gasteiger partial charge in [0.05, 0.1) is 20.3 Å². The zero-order valence-corrected chi connectivity index (χ0v) is 13.4. The van der Waals surface area contributed by atoms with Crippen LogP contribution >= 0.6 is 0 Å². The van der Waals surface area contributed by atoms with E-state index in [1.54, 1.807) is 25.3 Å². The Morgan fingerprint density at radius 3 is 2.52 bits per heavy atom. The van der Waals surface area contributed by atoms with Crippen molar-refractivity contribution in [3.63, 3.8) is 0 Å². The summed E-state index contributed by atoms with van der Waals surface area (Å²) < 4.78 is 16.2. The Morgan fingerprint density at radius 2 is 1.83 bits per heavy atom. The van der Waals surface area contributed by atoms with Crippen LogP contribution in [0.4, 0.5) is 0 Å². The average Bonchev–Trinajstić information content (AvgIpc) is 2.59. The number of carbonyl (C=O) groups excluding carboxylic acids is 1. The van der Waals surface area contributed by atoms with E-state index in [-0.39, 0.29) is 5.91 Å². The Hall–Kier alpha value is -2.69. The molecule has 2 aromatic carbocycles. The summed E-state index contributed by atoms with van der Waals surface area (Å²) in [5.41, 5.74) is 0.522. The van der Waals surface area contributed by atoms with Gasteiger partial charge in [-0.05, 0) is 37.3 Å². The summed E-state index contributed by atoms with van der Waals surface area (Å²) in [6.45, 7) is 3.22. The second-order valence-corrected chi connectivity index (χ2v) is 4.72. The van der Waals surface area contributed by atoms with Gasteiger partial charge in [-0.2, -0.15) is 0 Å². The largest absolute Gasteiger partial charge is 0.493 e. The second-order valence-electron chi connectivity index (χ2n) is 4.72. The minimum Gasteiger partial charge on any atom is -0.493 e. The van der Waals surface area contributed by atoms with Crippen LogP contribution in [0, 0.1) is 0 Å². The standard InChI is InChI=1S/C18H21NO4/c1-3-22-17-13-14(9-10-16(17)21-2)18(20)19-11-12-23-15-7-5-4-6-8-15/h4-10,13H,3,11-12H2,1-2H3,(H,19,20). The predicted octanol–water partition coefficient (Wildman–Crippen LogP) is 2.90. The van der Waals surface area contributed by atoms with E-state index in [0.29, 0.717) is 36.8 Å². The fourth-order valence-corrected chi connectivity index (χ4v) is 2.04. The highest BCUT2D eigenvalue weighted by atomic mass is 16.5. The van der Waals surface area contributed by atoms with Crippen molar-refractivity contribution in [2.24, 2.45) is 0 Å². The highest BCUT2D eigenvalue weighted by Gasteiger charge is 2.10. The molecule has 0 bridgehead atoms. The van der Waals surface area contributed by atoms with Crippen LogP contribution in [-0.4, -0.2) is 32.8 Å². The Morgan fingerprint density at radius 1 is 1.04 bits per heavy atom. The van der Waals surface area contributed by atoms with Crippen LogP contribution in [0.3, 0.4) is 0 Å². The maximum absolute atomic E-state index is 12.1. The van der Waals surface area contributed by atoms with Gasteiger partial charge in [0.25, 0.3) is 5.91 Å². The molecule has 0 aromatic heterocycles. The van der Waals surface area contributed by atoms with Gasteiger partial charge in [-0.3, -0.25) is 4.79 Å². The lowest BCUT2D eigenvalue weighted by atomic mass is 10.2. The maximum atomic E-state index is 12.1. The van der Waals surface area contributed by atoms with Gasteiger partial charge in [0.2, 0.25) is 0 Å². The molecular weight excluding hydrogens is 294 g/mol. The van der Waals surface area contributed by atoms with Crippen molar-refractivity contribution < 1.29 is 19.0 Å². The molecule has 0 radical (unpaired) electrons. The molecule has 23 heavy (non-hydrogen) atoms. The third-order valence-electron chi connectivity index (χ3n) is 3.13. The zero-order chi connectivity index (χ0) is 16.5. The topological polar surface area (TPSA) is 56.8 Å². The molecule has 0 saturated heterocycles. The zero-order valence-electron chi connectivity index (χ0n) is 13.4.